The van der Waals surface area contributed by atoms with E-state index in [2.05, 4.69) is 38.6 Å². The molecule has 0 saturated carbocycles. The van der Waals surface area contributed by atoms with Crippen LogP contribution in [-0.4, -0.2) is 44.2 Å². The maximum atomic E-state index is 13.0. The molecule has 1 unspecified atom stereocenters. The average Bonchev–Trinajstić information content (AvgIpc) is 2.93. The molecule has 0 saturated heterocycles. The van der Waals surface area contributed by atoms with Gasteiger partial charge in [0, 0.05) is 17.5 Å². The van der Waals surface area contributed by atoms with E-state index in [0.717, 1.165) is 0 Å². The number of ether oxygens (including phenoxy) is 1. The van der Waals surface area contributed by atoms with Crippen LogP contribution in [0.5, 0.6) is 5.75 Å². The van der Waals surface area contributed by atoms with Crippen LogP contribution in [0.15, 0.2) is 12.1 Å². The summed E-state index contributed by atoms with van der Waals surface area (Å²) in [5, 5.41) is 0.367. The van der Waals surface area contributed by atoms with Crippen LogP contribution in [0.1, 0.15) is 49.5 Å². The van der Waals surface area contributed by atoms with Crippen molar-refractivity contribution in [1.29, 1.82) is 0 Å². The summed E-state index contributed by atoms with van der Waals surface area (Å²) in [5.41, 5.74) is 6.62. The van der Waals surface area contributed by atoms with Crippen LogP contribution in [-0.2, 0) is 20.9 Å². The number of hydrogen-bond acceptors (Lipinski definition) is 5. The Hall–Kier alpha value is -2.06. The van der Waals surface area contributed by atoms with Crippen LogP contribution in [0.4, 0.5) is 0 Å². The van der Waals surface area contributed by atoms with Crippen molar-refractivity contribution in [3.05, 3.63) is 28.3 Å². The van der Waals surface area contributed by atoms with E-state index >= 15 is 0 Å². The highest BCUT2D eigenvalue weighted by atomic mass is 35.5. The molecule has 9 heteroatoms. The molecule has 0 aliphatic carbocycles. The van der Waals surface area contributed by atoms with Crippen molar-refractivity contribution in [3.63, 3.8) is 0 Å². The minimum absolute atomic E-state index is 0.0156. The van der Waals surface area contributed by atoms with Crippen molar-refractivity contribution in [3.8, 4) is 5.75 Å². The Morgan fingerprint density at radius 2 is 1.93 bits per heavy atom. The van der Waals surface area contributed by atoms with Gasteiger partial charge in [-0.2, -0.15) is 0 Å². The predicted octanol–water partition coefficient (Wildman–Crippen LogP) is 3.49. The second-order valence-electron chi connectivity index (χ2n) is 8.73. The zero-order chi connectivity index (χ0) is 22.1. The number of esters is 1. The van der Waals surface area contributed by atoms with Crippen molar-refractivity contribution < 1.29 is 23.5 Å². The van der Waals surface area contributed by atoms with Crippen molar-refractivity contribution in [1.82, 2.24) is 4.90 Å². The van der Waals surface area contributed by atoms with Gasteiger partial charge in [-0.05, 0) is 36.7 Å². The molecule has 0 spiro atoms. The number of nitrogens with zero attached hydrogens (tertiary/aromatic N) is 1. The number of carbonyl (C=O) groups is 3. The Labute approximate surface area is 177 Å². The van der Waals surface area contributed by atoms with Crippen LogP contribution >= 0.6 is 11.6 Å². The molecule has 2 amide bonds. The number of halogens is 1. The second kappa shape index (κ2) is 8.35. The zero-order valence-electron chi connectivity index (χ0n) is 17.8. The quantitative estimate of drug-likeness (QED) is 0.516. The first-order valence-electron chi connectivity index (χ1n) is 9.47. The lowest BCUT2D eigenvalue weighted by Crippen LogP contribution is -2.45. The lowest BCUT2D eigenvalue weighted by Gasteiger charge is -2.37. The summed E-state index contributed by atoms with van der Waals surface area (Å²) in [4.78, 5) is 37.9. The topological polar surface area (TPSA) is 98.9 Å². The molecule has 7 nitrogen and oxygen atoms in total. The molecule has 160 valence electrons. The Balaban J connectivity index is 2.38. The normalized spacial score (nSPS) is 15.1. The third-order valence-corrected chi connectivity index (χ3v) is 10.4. The van der Waals surface area contributed by atoms with E-state index < -0.39 is 26.2 Å². The maximum absolute atomic E-state index is 13.0. The first-order valence-corrected chi connectivity index (χ1v) is 12.8. The van der Waals surface area contributed by atoms with Crippen molar-refractivity contribution in [2.45, 2.75) is 64.3 Å². The van der Waals surface area contributed by atoms with Gasteiger partial charge in [0.2, 0.25) is 5.91 Å². The molecule has 0 radical (unpaired) electrons. The van der Waals surface area contributed by atoms with Crippen LogP contribution in [0, 0.1) is 0 Å². The van der Waals surface area contributed by atoms with E-state index in [1.54, 1.807) is 12.1 Å². The third kappa shape index (κ3) is 4.75. The van der Waals surface area contributed by atoms with Crippen molar-refractivity contribution in [2.75, 3.05) is 7.11 Å². The van der Waals surface area contributed by atoms with Gasteiger partial charge < -0.3 is 19.8 Å². The smallest absolute Gasteiger partial charge is 0.305 e. The highest BCUT2D eigenvalue weighted by Gasteiger charge is 2.42. The average molecular weight is 441 g/mol. The number of fused-ring (bicyclic) bond motifs is 1. The molecule has 1 aliphatic heterocycles. The molecule has 1 aromatic carbocycles. The van der Waals surface area contributed by atoms with E-state index in [0.29, 0.717) is 21.9 Å². The predicted molar refractivity (Wildman–Crippen MR) is 113 cm³/mol. The number of nitrogens with two attached hydrogens (primary N) is 1. The third-order valence-electron chi connectivity index (χ3n) is 5.75. The van der Waals surface area contributed by atoms with Crippen molar-refractivity contribution in [2.24, 2.45) is 5.73 Å². The number of amides is 2. The number of carbonyl (C=O) groups excluding carboxylic acids is 3. The standard InChI is InChI=1S/C20H29ClN2O5Si/c1-20(2,3)29(5,6)28-17-13-11-23(19(26)12(13)7-8-14(17)21)15(18(22)25)9-10-16(24)27-4/h7-8,15H,9-11H2,1-6H3,(H2,22,25). The Morgan fingerprint density at radius 3 is 2.45 bits per heavy atom. The van der Waals surface area contributed by atoms with Gasteiger partial charge in [-0.15, -0.1) is 0 Å². The van der Waals surface area contributed by atoms with Gasteiger partial charge in [-0.3, -0.25) is 14.4 Å². The van der Waals surface area contributed by atoms with E-state index in [-0.39, 0.29) is 30.3 Å². The molecular formula is C20H29ClN2O5Si. The molecule has 1 aromatic rings. The molecule has 2 rings (SSSR count). The second-order valence-corrected chi connectivity index (χ2v) is 13.9. The van der Waals surface area contributed by atoms with E-state index in [9.17, 15) is 14.4 Å². The van der Waals surface area contributed by atoms with Crippen molar-refractivity contribution >= 4 is 37.7 Å². The van der Waals surface area contributed by atoms with E-state index in [4.69, 9.17) is 21.8 Å². The summed E-state index contributed by atoms with van der Waals surface area (Å²) in [6.45, 7) is 10.7. The van der Waals surface area contributed by atoms with E-state index in [1.165, 1.54) is 12.0 Å². The lowest BCUT2D eigenvalue weighted by atomic mass is 10.1. The summed E-state index contributed by atoms with van der Waals surface area (Å²) in [7, 11) is -0.946. The first kappa shape index (κ1) is 23.2. The minimum Gasteiger partial charge on any atom is -0.542 e. The van der Waals surface area contributed by atoms with Gasteiger partial charge in [-0.25, -0.2) is 0 Å². The van der Waals surface area contributed by atoms with Crippen LogP contribution in [0.2, 0.25) is 23.2 Å². The number of rotatable bonds is 7. The molecule has 0 aromatic heterocycles. The zero-order valence-corrected chi connectivity index (χ0v) is 19.6. The Kier molecular flexibility index (Phi) is 6.69. The fourth-order valence-electron chi connectivity index (χ4n) is 2.93. The summed E-state index contributed by atoms with van der Waals surface area (Å²) in [6, 6.07) is 2.35. The highest BCUT2D eigenvalue weighted by molar-refractivity contribution is 6.74. The van der Waals surface area contributed by atoms with Gasteiger partial charge >= 0.3 is 5.97 Å². The van der Waals surface area contributed by atoms with Crippen LogP contribution in [0.3, 0.4) is 0 Å². The van der Waals surface area contributed by atoms with Crippen LogP contribution in [0.25, 0.3) is 0 Å². The highest BCUT2D eigenvalue weighted by Crippen LogP contribution is 2.43. The van der Waals surface area contributed by atoms with Crippen LogP contribution < -0.4 is 10.2 Å². The Morgan fingerprint density at radius 1 is 1.31 bits per heavy atom. The lowest BCUT2D eigenvalue weighted by molar-refractivity contribution is -0.141. The maximum Gasteiger partial charge on any atom is 0.305 e. The molecular weight excluding hydrogens is 412 g/mol. The molecule has 29 heavy (non-hydrogen) atoms. The number of methoxy groups -OCH3 is 1. The fraction of sp³-hybridized carbons (Fsp3) is 0.550. The molecule has 0 fully saturated rings. The number of hydrogen-bond donors (Lipinski definition) is 1. The molecule has 1 heterocycles. The molecule has 1 atom stereocenters. The fourth-order valence-corrected chi connectivity index (χ4v) is 4.26. The van der Waals surface area contributed by atoms with Gasteiger partial charge in [0.05, 0.1) is 18.7 Å². The summed E-state index contributed by atoms with van der Waals surface area (Å²) >= 11 is 6.44. The van der Waals surface area contributed by atoms with Gasteiger partial charge in [0.15, 0.2) is 0 Å². The van der Waals surface area contributed by atoms with E-state index in [1.807, 2.05) is 0 Å². The molecule has 1 aliphatic rings. The largest absolute Gasteiger partial charge is 0.542 e. The Bertz CT molecular complexity index is 835. The van der Waals surface area contributed by atoms with Gasteiger partial charge in [0.1, 0.15) is 11.8 Å². The number of primary amides is 1. The monoisotopic (exact) mass is 440 g/mol. The summed E-state index contributed by atoms with van der Waals surface area (Å²) in [5.74, 6) is -0.980. The first-order chi connectivity index (χ1) is 13.3. The van der Waals surface area contributed by atoms with Gasteiger partial charge in [0.25, 0.3) is 14.2 Å². The van der Waals surface area contributed by atoms with Gasteiger partial charge in [-0.1, -0.05) is 32.4 Å². The molecule has 2 N–H and O–H groups in total. The summed E-state index contributed by atoms with van der Waals surface area (Å²) < 4.78 is 11.1. The SMILES string of the molecule is COC(=O)CCC(C(N)=O)N1Cc2c(ccc(Cl)c2O[Si](C)(C)C(C)(C)C)C1=O. The minimum atomic E-state index is -2.22. The summed E-state index contributed by atoms with van der Waals surface area (Å²) in [6.07, 6.45) is 0.0756. The molecule has 0 bridgehead atoms. The number of benzene rings is 1.